The topological polar surface area (TPSA) is 45.0 Å². The molecule has 1 N–H and O–H groups in total. The van der Waals surface area contributed by atoms with Gasteiger partial charge < -0.3 is 10.1 Å². The first-order valence-electron chi connectivity index (χ1n) is 7.08. The Morgan fingerprint density at radius 3 is 2.63 bits per heavy atom. The van der Waals surface area contributed by atoms with Crippen LogP contribution in [0.1, 0.15) is 45.1 Å². The fourth-order valence-corrected chi connectivity index (χ4v) is 1.91. The van der Waals surface area contributed by atoms with Gasteiger partial charge in [0.25, 0.3) is 0 Å². The molecule has 0 radical (unpaired) electrons. The summed E-state index contributed by atoms with van der Waals surface area (Å²) in [7, 11) is 0. The highest BCUT2D eigenvalue weighted by Crippen LogP contribution is 2.12. The van der Waals surface area contributed by atoms with E-state index in [1.54, 1.807) is 0 Å². The largest absolute Gasteiger partial charge is 0.479 e. The number of hydrogen-bond donors (Lipinski definition) is 1. The summed E-state index contributed by atoms with van der Waals surface area (Å²) >= 11 is 0. The maximum absolute atomic E-state index is 8.43. The SMILES string of the molecule is CCCCCC(C)NCc1ccc(OCC#N)cc1. The smallest absolute Gasteiger partial charge is 0.174 e. The third-order valence-electron chi connectivity index (χ3n) is 3.12. The average Bonchev–Trinajstić information content (AvgIpc) is 2.44. The molecule has 1 rings (SSSR count). The molecule has 104 valence electrons. The Morgan fingerprint density at radius 1 is 1.26 bits per heavy atom. The van der Waals surface area contributed by atoms with Crippen molar-refractivity contribution in [2.24, 2.45) is 0 Å². The Morgan fingerprint density at radius 2 is 2.00 bits per heavy atom. The van der Waals surface area contributed by atoms with Crippen molar-refractivity contribution in [3.05, 3.63) is 29.8 Å². The number of rotatable bonds is 9. The van der Waals surface area contributed by atoms with Gasteiger partial charge in [-0.1, -0.05) is 38.3 Å². The van der Waals surface area contributed by atoms with Gasteiger partial charge in [-0.25, -0.2) is 0 Å². The van der Waals surface area contributed by atoms with Gasteiger partial charge in [-0.3, -0.25) is 0 Å². The number of nitrogens with zero attached hydrogens (tertiary/aromatic N) is 1. The Hall–Kier alpha value is -1.53. The quantitative estimate of drug-likeness (QED) is 0.689. The maximum atomic E-state index is 8.43. The van der Waals surface area contributed by atoms with E-state index < -0.39 is 0 Å². The fourth-order valence-electron chi connectivity index (χ4n) is 1.91. The summed E-state index contributed by atoms with van der Waals surface area (Å²) in [6.07, 6.45) is 5.12. The number of benzene rings is 1. The van der Waals surface area contributed by atoms with Gasteiger partial charge in [-0.2, -0.15) is 5.26 Å². The first-order chi connectivity index (χ1) is 9.26. The normalized spacial score (nSPS) is 11.8. The second-order valence-electron chi connectivity index (χ2n) is 4.87. The van der Waals surface area contributed by atoms with Crippen LogP contribution in [-0.4, -0.2) is 12.6 Å². The van der Waals surface area contributed by atoms with Gasteiger partial charge in [-0.15, -0.1) is 0 Å². The van der Waals surface area contributed by atoms with Crippen molar-refractivity contribution in [3.8, 4) is 11.8 Å². The molecular weight excluding hydrogens is 236 g/mol. The Bertz CT molecular complexity index is 381. The van der Waals surface area contributed by atoms with Crippen molar-refractivity contribution in [3.63, 3.8) is 0 Å². The van der Waals surface area contributed by atoms with Crippen molar-refractivity contribution >= 4 is 0 Å². The van der Waals surface area contributed by atoms with Crippen molar-refractivity contribution in [2.45, 2.75) is 52.1 Å². The standard InChI is InChI=1S/C16H24N2O/c1-3-4-5-6-14(2)18-13-15-7-9-16(10-8-15)19-12-11-17/h7-10,14,18H,3-6,12-13H2,1-2H3. The van der Waals surface area contributed by atoms with Gasteiger partial charge in [0.1, 0.15) is 11.8 Å². The van der Waals surface area contributed by atoms with E-state index in [0.29, 0.717) is 6.04 Å². The lowest BCUT2D eigenvalue weighted by Gasteiger charge is -2.13. The zero-order valence-corrected chi connectivity index (χ0v) is 12.0. The van der Waals surface area contributed by atoms with E-state index in [-0.39, 0.29) is 6.61 Å². The van der Waals surface area contributed by atoms with E-state index in [0.717, 1.165) is 12.3 Å². The number of hydrogen-bond acceptors (Lipinski definition) is 3. The summed E-state index contributed by atoms with van der Waals surface area (Å²) < 4.78 is 5.22. The fraction of sp³-hybridized carbons (Fsp3) is 0.562. The lowest BCUT2D eigenvalue weighted by Crippen LogP contribution is -2.25. The van der Waals surface area contributed by atoms with Crippen LogP contribution in [0.4, 0.5) is 0 Å². The van der Waals surface area contributed by atoms with Crippen LogP contribution >= 0.6 is 0 Å². The third kappa shape index (κ3) is 6.83. The minimum absolute atomic E-state index is 0.103. The molecule has 0 spiro atoms. The molecule has 19 heavy (non-hydrogen) atoms. The predicted octanol–water partition coefficient (Wildman–Crippen LogP) is 3.65. The molecule has 0 heterocycles. The van der Waals surface area contributed by atoms with E-state index in [1.165, 1.54) is 31.2 Å². The average molecular weight is 260 g/mol. The first-order valence-corrected chi connectivity index (χ1v) is 7.08. The molecular formula is C16H24N2O. The summed E-state index contributed by atoms with van der Waals surface area (Å²) in [5, 5.41) is 12.0. The van der Waals surface area contributed by atoms with E-state index >= 15 is 0 Å². The van der Waals surface area contributed by atoms with Gasteiger partial charge in [0.05, 0.1) is 0 Å². The van der Waals surface area contributed by atoms with Crippen molar-refractivity contribution in [2.75, 3.05) is 6.61 Å². The second-order valence-corrected chi connectivity index (χ2v) is 4.87. The molecule has 0 saturated carbocycles. The molecule has 0 aliphatic rings. The van der Waals surface area contributed by atoms with E-state index in [4.69, 9.17) is 10.00 Å². The second kappa shape index (κ2) is 9.41. The zero-order valence-electron chi connectivity index (χ0n) is 12.0. The highest BCUT2D eigenvalue weighted by molar-refractivity contribution is 5.27. The Kier molecular flexibility index (Phi) is 7.69. The lowest BCUT2D eigenvalue weighted by atomic mass is 10.1. The van der Waals surface area contributed by atoms with E-state index in [2.05, 4.69) is 19.2 Å². The summed E-state index contributed by atoms with van der Waals surface area (Å²) in [4.78, 5) is 0. The van der Waals surface area contributed by atoms with Gasteiger partial charge in [0.2, 0.25) is 0 Å². The molecule has 1 unspecified atom stereocenters. The minimum atomic E-state index is 0.103. The van der Waals surface area contributed by atoms with Crippen LogP contribution in [0.15, 0.2) is 24.3 Å². The molecule has 0 aliphatic carbocycles. The molecule has 3 nitrogen and oxygen atoms in total. The molecule has 0 bridgehead atoms. The van der Waals surface area contributed by atoms with E-state index in [1.807, 2.05) is 30.3 Å². The molecule has 0 amide bonds. The van der Waals surface area contributed by atoms with Crippen molar-refractivity contribution in [1.82, 2.24) is 5.32 Å². The van der Waals surface area contributed by atoms with Gasteiger partial charge in [-0.05, 0) is 31.0 Å². The molecule has 1 aromatic carbocycles. The Balaban J connectivity index is 2.27. The zero-order chi connectivity index (χ0) is 13.9. The van der Waals surface area contributed by atoms with Crippen LogP contribution in [0, 0.1) is 11.3 Å². The van der Waals surface area contributed by atoms with Crippen molar-refractivity contribution in [1.29, 1.82) is 5.26 Å². The highest BCUT2D eigenvalue weighted by Gasteiger charge is 2.01. The van der Waals surface area contributed by atoms with Crippen LogP contribution in [0.3, 0.4) is 0 Å². The van der Waals surface area contributed by atoms with Crippen LogP contribution in [0.25, 0.3) is 0 Å². The molecule has 1 atom stereocenters. The molecule has 0 saturated heterocycles. The number of unbranched alkanes of at least 4 members (excludes halogenated alkanes) is 2. The van der Waals surface area contributed by atoms with Gasteiger partial charge in [0, 0.05) is 12.6 Å². The molecule has 0 aliphatic heterocycles. The Labute approximate surface area is 116 Å². The summed E-state index contributed by atoms with van der Waals surface area (Å²) in [6.45, 7) is 5.45. The number of nitriles is 1. The minimum Gasteiger partial charge on any atom is -0.479 e. The summed E-state index contributed by atoms with van der Waals surface area (Å²) in [5.41, 5.74) is 1.24. The number of nitrogens with one attached hydrogen (secondary N) is 1. The number of ether oxygens (including phenoxy) is 1. The highest BCUT2D eigenvalue weighted by atomic mass is 16.5. The molecule has 0 fully saturated rings. The van der Waals surface area contributed by atoms with Gasteiger partial charge >= 0.3 is 0 Å². The first kappa shape index (κ1) is 15.5. The molecule has 3 heteroatoms. The summed E-state index contributed by atoms with van der Waals surface area (Å²) in [5.74, 6) is 0.751. The van der Waals surface area contributed by atoms with Crippen LogP contribution in [0.5, 0.6) is 5.75 Å². The monoisotopic (exact) mass is 260 g/mol. The molecule has 0 aromatic heterocycles. The maximum Gasteiger partial charge on any atom is 0.174 e. The predicted molar refractivity (Wildman–Crippen MR) is 78.0 cm³/mol. The van der Waals surface area contributed by atoms with Crippen LogP contribution < -0.4 is 10.1 Å². The van der Waals surface area contributed by atoms with Crippen LogP contribution in [0.2, 0.25) is 0 Å². The third-order valence-corrected chi connectivity index (χ3v) is 3.12. The van der Waals surface area contributed by atoms with Crippen molar-refractivity contribution < 1.29 is 4.74 Å². The molecule has 1 aromatic rings. The van der Waals surface area contributed by atoms with E-state index in [9.17, 15) is 0 Å². The summed E-state index contributed by atoms with van der Waals surface area (Å²) in [6, 6.07) is 10.4. The lowest BCUT2D eigenvalue weighted by molar-refractivity contribution is 0.368. The van der Waals surface area contributed by atoms with Crippen LogP contribution in [-0.2, 0) is 6.54 Å². The van der Waals surface area contributed by atoms with Gasteiger partial charge in [0.15, 0.2) is 6.61 Å².